The zero-order valence-electron chi connectivity index (χ0n) is 17.6. The number of hydrogen-bond acceptors (Lipinski definition) is 5. The molecule has 6 nitrogen and oxygen atoms in total. The van der Waals surface area contributed by atoms with Gasteiger partial charge in [-0.15, -0.1) is 0 Å². The predicted octanol–water partition coefficient (Wildman–Crippen LogP) is 4.55. The van der Waals surface area contributed by atoms with Crippen molar-refractivity contribution < 1.29 is 14.2 Å². The largest absolute Gasteiger partial charge is 0.497 e. The Bertz CT molecular complexity index is 1230. The highest BCUT2D eigenvalue weighted by Gasteiger charge is 2.13. The fourth-order valence-electron chi connectivity index (χ4n) is 3.43. The average Bonchev–Trinajstić information content (AvgIpc) is 2.82. The lowest BCUT2D eigenvalue weighted by molar-refractivity contribution is 0.266. The Morgan fingerprint density at radius 2 is 1.55 bits per heavy atom. The number of aromatic nitrogens is 2. The van der Waals surface area contributed by atoms with Crippen molar-refractivity contribution in [3.63, 3.8) is 0 Å². The van der Waals surface area contributed by atoms with Crippen molar-refractivity contribution in [3.05, 3.63) is 83.2 Å². The van der Waals surface area contributed by atoms with Crippen LogP contribution in [0.1, 0.15) is 6.92 Å². The third-order valence-corrected chi connectivity index (χ3v) is 4.93. The van der Waals surface area contributed by atoms with E-state index < -0.39 is 0 Å². The molecule has 0 N–H and O–H groups in total. The highest BCUT2D eigenvalue weighted by Crippen LogP contribution is 2.27. The molecule has 6 heteroatoms. The van der Waals surface area contributed by atoms with E-state index in [1.807, 2.05) is 73.7 Å². The molecule has 1 aromatic heterocycles. The number of ether oxygens (including phenoxy) is 3. The summed E-state index contributed by atoms with van der Waals surface area (Å²) >= 11 is 0. The maximum absolute atomic E-state index is 13.3. The second-order valence-corrected chi connectivity index (χ2v) is 6.87. The van der Waals surface area contributed by atoms with Crippen LogP contribution < -0.4 is 19.8 Å². The SMILES string of the molecule is CCOc1ccccc1OCCn1c(-c2ccc(OC)cc2)nc2ccccc2c1=O. The van der Waals surface area contributed by atoms with Crippen LogP contribution in [0.15, 0.2) is 77.6 Å². The second-order valence-electron chi connectivity index (χ2n) is 6.87. The van der Waals surface area contributed by atoms with Gasteiger partial charge in [-0.05, 0) is 55.5 Å². The molecule has 0 aliphatic carbocycles. The molecule has 0 radical (unpaired) electrons. The summed E-state index contributed by atoms with van der Waals surface area (Å²) in [5, 5.41) is 0.578. The molecule has 0 spiro atoms. The van der Waals surface area contributed by atoms with Crippen molar-refractivity contribution in [2.75, 3.05) is 20.3 Å². The third kappa shape index (κ3) is 4.38. The lowest BCUT2D eigenvalue weighted by Gasteiger charge is -2.16. The van der Waals surface area contributed by atoms with E-state index >= 15 is 0 Å². The summed E-state index contributed by atoms with van der Waals surface area (Å²) in [7, 11) is 1.62. The molecule has 0 unspecified atom stereocenters. The Morgan fingerprint density at radius 1 is 0.871 bits per heavy atom. The Kier molecular flexibility index (Phi) is 6.17. The van der Waals surface area contributed by atoms with Gasteiger partial charge in [0.15, 0.2) is 11.5 Å². The Morgan fingerprint density at radius 3 is 2.26 bits per heavy atom. The monoisotopic (exact) mass is 416 g/mol. The second kappa shape index (κ2) is 9.34. The van der Waals surface area contributed by atoms with Crippen molar-refractivity contribution in [3.8, 4) is 28.6 Å². The molecule has 0 aliphatic rings. The first kappa shape index (κ1) is 20.5. The van der Waals surface area contributed by atoms with Gasteiger partial charge in [-0.2, -0.15) is 0 Å². The average molecular weight is 416 g/mol. The van der Waals surface area contributed by atoms with E-state index in [2.05, 4.69) is 0 Å². The predicted molar refractivity (Wildman–Crippen MR) is 121 cm³/mol. The molecule has 0 saturated carbocycles. The summed E-state index contributed by atoms with van der Waals surface area (Å²) in [6.07, 6.45) is 0. The highest BCUT2D eigenvalue weighted by atomic mass is 16.5. The van der Waals surface area contributed by atoms with Crippen molar-refractivity contribution in [1.82, 2.24) is 9.55 Å². The van der Waals surface area contributed by atoms with Crippen molar-refractivity contribution in [2.24, 2.45) is 0 Å². The zero-order valence-corrected chi connectivity index (χ0v) is 17.6. The summed E-state index contributed by atoms with van der Waals surface area (Å²) < 4.78 is 18.5. The molecule has 0 saturated heterocycles. The van der Waals surface area contributed by atoms with Gasteiger partial charge in [-0.1, -0.05) is 24.3 Å². The minimum absolute atomic E-state index is 0.0990. The molecule has 4 aromatic rings. The van der Waals surface area contributed by atoms with Gasteiger partial charge in [0, 0.05) is 5.56 Å². The van der Waals surface area contributed by atoms with Crippen LogP contribution in [0.4, 0.5) is 0 Å². The van der Waals surface area contributed by atoms with Crippen molar-refractivity contribution >= 4 is 10.9 Å². The van der Waals surface area contributed by atoms with Crippen LogP contribution >= 0.6 is 0 Å². The van der Waals surface area contributed by atoms with E-state index in [1.165, 1.54) is 0 Å². The molecular weight excluding hydrogens is 392 g/mol. The quantitative estimate of drug-likeness (QED) is 0.422. The van der Waals surface area contributed by atoms with Crippen LogP contribution in [0.25, 0.3) is 22.3 Å². The van der Waals surface area contributed by atoms with E-state index in [9.17, 15) is 4.79 Å². The first-order valence-electron chi connectivity index (χ1n) is 10.2. The summed E-state index contributed by atoms with van der Waals surface area (Å²) in [6, 6.07) is 22.4. The van der Waals surface area contributed by atoms with E-state index in [1.54, 1.807) is 17.7 Å². The van der Waals surface area contributed by atoms with Gasteiger partial charge in [0.05, 0.1) is 31.2 Å². The molecule has 4 rings (SSSR count). The topological polar surface area (TPSA) is 62.6 Å². The first-order chi connectivity index (χ1) is 15.2. The van der Waals surface area contributed by atoms with E-state index in [4.69, 9.17) is 19.2 Å². The van der Waals surface area contributed by atoms with Gasteiger partial charge in [0.25, 0.3) is 5.56 Å². The molecule has 0 aliphatic heterocycles. The number of benzene rings is 3. The van der Waals surface area contributed by atoms with Gasteiger partial charge in [-0.25, -0.2) is 4.98 Å². The number of rotatable bonds is 8. The van der Waals surface area contributed by atoms with Gasteiger partial charge in [0.1, 0.15) is 18.2 Å². The molecule has 0 fully saturated rings. The standard InChI is InChI=1S/C25H24N2O4/c1-3-30-22-10-6-7-11-23(22)31-17-16-27-24(18-12-14-19(29-2)15-13-18)26-21-9-5-4-8-20(21)25(27)28/h4-15H,3,16-17H2,1-2H3. The van der Waals surface area contributed by atoms with Crippen molar-refractivity contribution in [2.45, 2.75) is 13.5 Å². The lowest BCUT2D eigenvalue weighted by atomic mass is 10.1. The van der Waals surface area contributed by atoms with Crippen LogP contribution in [0.5, 0.6) is 17.2 Å². The van der Waals surface area contributed by atoms with Gasteiger partial charge in [-0.3, -0.25) is 9.36 Å². The first-order valence-corrected chi connectivity index (χ1v) is 10.2. The van der Waals surface area contributed by atoms with Crippen LogP contribution in [0, 0.1) is 0 Å². The molecule has 0 amide bonds. The third-order valence-electron chi connectivity index (χ3n) is 4.93. The molecule has 158 valence electrons. The Balaban J connectivity index is 1.68. The molecule has 0 bridgehead atoms. The number of nitrogens with zero attached hydrogens (tertiary/aromatic N) is 2. The molecule has 1 heterocycles. The number of hydrogen-bond donors (Lipinski definition) is 0. The fraction of sp³-hybridized carbons (Fsp3) is 0.200. The minimum atomic E-state index is -0.0990. The van der Waals surface area contributed by atoms with Gasteiger partial charge < -0.3 is 14.2 Å². The zero-order chi connectivity index (χ0) is 21.6. The minimum Gasteiger partial charge on any atom is -0.497 e. The molecular formula is C25H24N2O4. The Labute approximate surface area is 180 Å². The maximum atomic E-state index is 13.3. The molecule has 3 aromatic carbocycles. The number of methoxy groups -OCH3 is 1. The summed E-state index contributed by atoms with van der Waals surface area (Å²) in [4.78, 5) is 18.1. The van der Waals surface area contributed by atoms with E-state index in [0.717, 1.165) is 11.3 Å². The smallest absolute Gasteiger partial charge is 0.261 e. The van der Waals surface area contributed by atoms with Crippen LogP contribution in [-0.4, -0.2) is 29.9 Å². The van der Waals surface area contributed by atoms with E-state index in [-0.39, 0.29) is 5.56 Å². The molecule has 0 atom stereocenters. The maximum Gasteiger partial charge on any atom is 0.261 e. The Hall–Kier alpha value is -3.80. The summed E-state index contributed by atoms with van der Waals surface area (Å²) in [5.74, 6) is 2.67. The summed E-state index contributed by atoms with van der Waals surface area (Å²) in [6.45, 7) is 3.12. The normalized spacial score (nSPS) is 10.8. The van der Waals surface area contributed by atoms with Crippen LogP contribution in [0.2, 0.25) is 0 Å². The summed E-state index contributed by atoms with van der Waals surface area (Å²) in [5.41, 5.74) is 1.40. The highest BCUT2D eigenvalue weighted by molar-refractivity contribution is 5.79. The van der Waals surface area contributed by atoms with E-state index in [0.29, 0.717) is 48.0 Å². The van der Waals surface area contributed by atoms with Crippen LogP contribution in [0.3, 0.4) is 0 Å². The molecule has 31 heavy (non-hydrogen) atoms. The van der Waals surface area contributed by atoms with Gasteiger partial charge >= 0.3 is 0 Å². The number of para-hydroxylation sites is 3. The van der Waals surface area contributed by atoms with Gasteiger partial charge in [0.2, 0.25) is 0 Å². The van der Waals surface area contributed by atoms with Crippen molar-refractivity contribution in [1.29, 1.82) is 0 Å². The number of fused-ring (bicyclic) bond motifs is 1. The van der Waals surface area contributed by atoms with Crippen LogP contribution in [-0.2, 0) is 6.54 Å². The lowest BCUT2D eigenvalue weighted by Crippen LogP contribution is -2.26. The fourth-order valence-corrected chi connectivity index (χ4v) is 3.43.